The van der Waals surface area contributed by atoms with Gasteiger partial charge in [0.25, 0.3) is 0 Å². The fourth-order valence-corrected chi connectivity index (χ4v) is 1.88. The Labute approximate surface area is 116 Å². The zero-order chi connectivity index (χ0) is 14.7. The van der Waals surface area contributed by atoms with Crippen LogP contribution in [-0.2, 0) is 4.74 Å². The molecule has 0 radical (unpaired) electrons. The van der Waals surface area contributed by atoms with Crippen molar-refractivity contribution in [3.05, 3.63) is 53.8 Å². The number of halogens is 1. The molecule has 2 aromatic rings. The standard InChI is InChI=1S/C15H15FN2O2/c1-18(12-6-4-11(16)5-7-12)14-9-10(15(19)20-2)3-8-13(14)17/h3-9H,17H2,1-2H3. The largest absolute Gasteiger partial charge is 0.465 e. The average molecular weight is 274 g/mol. The first-order chi connectivity index (χ1) is 9.52. The zero-order valence-corrected chi connectivity index (χ0v) is 11.3. The Kier molecular flexibility index (Phi) is 3.89. The average Bonchev–Trinajstić information content (AvgIpc) is 2.47. The Morgan fingerprint density at radius 2 is 1.85 bits per heavy atom. The maximum absolute atomic E-state index is 12.9. The highest BCUT2D eigenvalue weighted by molar-refractivity contribution is 5.92. The Morgan fingerprint density at radius 1 is 1.20 bits per heavy atom. The van der Waals surface area contributed by atoms with Crippen LogP contribution in [0.2, 0.25) is 0 Å². The monoisotopic (exact) mass is 274 g/mol. The zero-order valence-electron chi connectivity index (χ0n) is 11.3. The van der Waals surface area contributed by atoms with Crippen LogP contribution in [0.1, 0.15) is 10.4 Å². The summed E-state index contributed by atoms with van der Waals surface area (Å²) in [5.41, 5.74) is 8.27. The number of nitrogens with two attached hydrogens (primary N) is 1. The highest BCUT2D eigenvalue weighted by Gasteiger charge is 2.12. The van der Waals surface area contributed by atoms with Crippen LogP contribution in [0.4, 0.5) is 21.5 Å². The summed E-state index contributed by atoms with van der Waals surface area (Å²) in [6, 6.07) is 10.9. The van der Waals surface area contributed by atoms with Gasteiger partial charge in [-0.2, -0.15) is 0 Å². The second-order valence-corrected chi connectivity index (χ2v) is 4.30. The molecule has 0 amide bonds. The molecule has 0 aliphatic rings. The summed E-state index contributed by atoms with van der Waals surface area (Å²) < 4.78 is 17.6. The van der Waals surface area contributed by atoms with Crippen LogP contribution in [0.15, 0.2) is 42.5 Å². The van der Waals surface area contributed by atoms with E-state index in [1.54, 1.807) is 42.3 Å². The normalized spacial score (nSPS) is 10.2. The third-order valence-corrected chi connectivity index (χ3v) is 3.03. The molecule has 2 aromatic carbocycles. The van der Waals surface area contributed by atoms with Crippen molar-refractivity contribution in [2.45, 2.75) is 0 Å². The Balaban J connectivity index is 2.40. The van der Waals surface area contributed by atoms with Crippen LogP contribution in [0, 0.1) is 5.82 Å². The minimum atomic E-state index is -0.432. The van der Waals surface area contributed by atoms with Gasteiger partial charge in [-0.25, -0.2) is 9.18 Å². The molecule has 2 rings (SSSR count). The molecule has 0 aliphatic carbocycles. The van der Waals surface area contributed by atoms with Crippen molar-refractivity contribution < 1.29 is 13.9 Å². The molecular formula is C15H15FN2O2. The molecule has 0 fully saturated rings. The topological polar surface area (TPSA) is 55.6 Å². The molecule has 5 heteroatoms. The molecule has 0 saturated heterocycles. The lowest BCUT2D eigenvalue weighted by Crippen LogP contribution is -2.13. The van der Waals surface area contributed by atoms with E-state index in [1.165, 1.54) is 19.2 Å². The Hall–Kier alpha value is -2.56. The number of rotatable bonds is 3. The van der Waals surface area contributed by atoms with Crippen molar-refractivity contribution in [1.29, 1.82) is 0 Å². The number of benzene rings is 2. The maximum Gasteiger partial charge on any atom is 0.337 e. The second kappa shape index (κ2) is 5.61. The van der Waals surface area contributed by atoms with Gasteiger partial charge in [-0.3, -0.25) is 0 Å². The number of ether oxygens (including phenoxy) is 1. The number of methoxy groups -OCH3 is 1. The molecule has 0 heterocycles. The summed E-state index contributed by atoms with van der Waals surface area (Å²) in [5, 5.41) is 0. The number of nitrogen functional groups attached to an aromatic ring is 1. The molecule has 0 atom stereocenters. The minimum absolute atomic E-state index is 0.307. The Bertz CT molecular complexity index is 626. The molecule has 0 spiro atoms. The quantitative estimate of drug-likeness (QED) is 0.690. The maximum atomic E-state index is 12.9. The fourth-order valence-electron chi connectivity index (χ4n) is 1.88. The van der Waals surface area contributed by atoms with E-state index >= 15 is 0 Å². The van der Waals surface area contributed by atoms with E-state index in [-0.39, 0.29) is 5.82 Å². The van der Waals surface area contributed by atoms with Gasteiger partial charge in [0.05, 0.1) is 24.0 Å². The number of nitrogens with zero attached hydrogens (tertiary/aromatic N) is 1. The molecule has 20 heavy (non-hydrogen) atoms. The molecule has 2 N–H and O–H groups in total. The lowest BCUT2D eigenvalue weighted by molar-refractivity contribution is 0.0601. The van der Waals surface area contributed by atoms with Gasteiger partial charge in [0, 0.05) is 12.7 Å². The van der Waals surface area contributed by atoms with Gasteiger partial charge in [0.1, 0.15) is 5.82 Å². The van der Waals surface area contributed by atoms with Crippen LogP contribution < -0.4 is 10.6 Å². The van der Waals surface area contributed by atoms with Crippen molar-refractivity contribution in [2.75, 3.05) is 24.8 Å². The number of hydrogen-bond acceptors (Lipinski definition) is 4. The third kappa shape index (κ3) is 2.71. The number of carbonyl (C=O) groups excluding carboxylic acids is 1. The highest BCUT2D eigenvalue weighted by atomic mass is 19.1. The smallest absolute Gasteiger partial charge is 0.337 e. The summed E-state index contributed by atoms with van der Waals surface area (Å²) in [6.45, 7) is 0. The van der Waals surface area contributed by atoms with Crippen molar-refractivity contribution in [1.82, 2.24) is 0 Å². The molecule has 4 nitrogen and oxygen atoms in total. The van der Waals surface area contributed by atoms with Crippen LogP contribution >= 0.6 is 0 Å². The second-order valence-electron chi connectivity index (χ2n) is 4.30. The van der Waals surface area contributed by atoms with Gasteiger partial charge in [-0.1, -0.05) is 0 Å². The highest BCUT2D eigenvalue weighted by Crippen LogP contribution is 2.30. The van der Waals surface area contributed by atoms with Gasteiger partial charge in [0.15, 0.2) is 0 Å². The molecule has 0 saturated carbocycles. The van der Waals surface area contributed by atoms with E-state index in [1.807, 2.05) is 0 Å². The predicted molar refractivity (Wildman–Crippen MR) is 76.7 cm³/mol. The van der Waals surface area contributed by atoms with E-state index in [2.05, 4.69) is 4.74 Å². The first-order valence-electron chi connectivity index (χ1n) is 6.00. The summed E-state index contributed by atoms with van der Waals surface area (Å²) in [4.78, 5) is 13.3. The number of hydrogen-bond donors (Lipinski definition) is 1. The molecule has 0 aliphatic heterocycles. The summed E-state index contributed by atoms with van der Waals surface area (Å²) >= 11 is 0. The van der Waals surface area contributed by atoms with Crippen molar-refractivity contribution >= 4 is 23.0 Å². The van der Waals surface area contributed by atoms with Crippen molar-refractivity contribution in [2.24, 2.45) is 0 Å². The van der Waals surface area contributed by atoms with Gasteiger partial charge in [-0.15, -0.1) is 0 Å². The summed E-state index contributed by atoms with van der Waals surface area (Å²) in [5.74, 6) is -0.739. The summed E-state index contributed by atoms with van der Waals surface area (Å²) in [6.07, 6.45) is 0. The Morgan fingerprint density at radius 3 is 2.45 bits per heavy atom. The van der Waals surface area contributed by atoms with Crippen LogP contribution in [0.25, 0.3) is 0 Å². The van der Waals surface area contributed by atoms with Crippen LogP contribution in [0.5, 0.6) is 0 Å². The van der Waals surface area contributed by atoms with E-state index in [0.717, 1.165) is 5.69 Å². The number of anilines is 3. The molecule has 0 aromatic heterocycles. The SMILES string of the molecule is COC(=O)c1ccc(N)c(N(C)c2ccc(F)cc2)c1. The van der Waals surface area contributed by atoms with Crippen molar-refractivity contribution in [3.8, 4) is 0 Å². The first-order valence-corrected chi connectivity index (χ1v) is 6.00. The molecule has 104 valence electrons. The predicted octanol–water partition coefficient (Wildman–Crippen LogP) is 2.96. The van der Waals surface area contributed by atoms with Gasteiger partial charge < -0.3 is 15.4 Å². The van der Waals surface area contributed by atoms with E-state index in [0.29, 0.717) is 16.9 Å². The van der Waals surface area contributed by atoms with Gasteiger partial charge in [-0.05, 0) is 42.5 Å². The number of esters is 1. The van der Waals surface area contributed by atoms with Crippen molar-refractivity contribution in [3.63, 3.8) is 0 Å². The van der Waals surface area contributed by atoms with Gasteiger partial charge in [0.2, 0.25) is 0 Å². The minimum Gasteiger partial charge on any atom is -0.465 e. The number of carbonyl (C=O) groups is 1. The van der Waals surface area contributed by atoms with Gasteiger partial charge >= 0.3 is 5.97 Å². The third-order valence-electron chi connectivity index (χ3n) is 3.03. The first kappa shape index (κ1) is 13.9. The lowest BCUT2D eigenvalue weighted by atomic mass is 10.1. The van der Waals surface area contributed by atoms with Crippen LogP contribution in [-0.4, -0.2) is 20.1 Å². The molecule has 0 bridgehead atoms. The summed E-state index contributed by atoms with van der Waals surface area (Å²) in [7, 11) is 3.11. The van der Waals surface area contributed by atoms with E-state index in [4.69, 9.17) is 5.73 Å². The molecular weight excluding hydrogens is 259 g/mol. The van der Waals surface area contributed by atoms with Crippen LogP contribution in [0.3, 0.4) is 0 Å². The fraction of sp³-hybridized carbons (Fsp3) is 0.133. The van der Waals surface area contributed by atoms with E-state index in [9.17, 15) is 9.18 Å². The van der Waals surface area contributed by atoms with E-state index < -0.39 is 5.97 Å². The lowest BCUT2D eigenvalue weighted by Gasteiger charge is -2.21. The molecule has 0 unspecified atom stereocenters.